The number of thiazole rings is 1. The Balaban J connectivity index is 1.86. The second-order valence-electron chi connectivity index (χ2n) is 6.24. The normalized spacial score (nSPS) is 11.1. The molecule has 2 heterocycles. The third-order valence-electron chi connectivity index (χ3n) is 4.22. The van der Waals surface area contributed by atoms with Crippen LogP contribution in [0.4, 0.5) is 10.8 Å². The summed E-state index contributed by atoms with van der Waals surface area (Å²) in [6.07, 6.45) is 3.05. The molecule has 0 saturated carbocycles. The second-order valence-corrected chi connectivity index (χ2v) is 7.07. The number of amides is 1. The first kappa shape index (κ1) is 18.8. The zero-order valence-corrected chi connectivity index (χ0v) is 16.5. The Morgan fingerprint density at radius 1 is 1.15 bits per heavy atom. The highest BCUT2D eigenvalue weighted by Crippen LogP contribution is 2.32. The van der Waals surface area contributed by atoms with Gasteiger partial charge in [-0.25, -0.2) is 4.98 Å². The Morgan fingerprint density at radius 2 is 1.93 bits per heavy atom. The molecule has 0 radical (unpaired) electrons. The van der Waals surface area contributed by atoms with Gasteiger partial charge in [-0.3, -0.25) is 14.5 Å². The predicted molar refractivity (Wildman–Crippen MR) is 108 cm³/mol. The van der Waals surface area contributed by atoms with Crippen LogP contribution in [-0.2, 0) is 4.79 Å². The van der Waals surface area contributed by atoms with Gasteiger partial charge in [-0.05, 0) is 62.2 Å². The van der Waals surface area contributed by atoms with Crippen LogP contribution < -0.4 is 4.90 Å². The smallest absolute Gasteiger partial charge is 0.230 e. The van der Waals surface area contributed by atoms with Crippen LogP contribution in [0, 0.1) is 20.8 Å². The standard InChI is InChI=1S/C21H20N2O3S/c1-13-6-5-7-18(15(13)3)23(16(4)24)21-22-17(12-27-21)9-10-19(25)20-11-8-14(2)26-20/h5-12H,1-4H3. The van der Waals surface area contributed by atoms with Crippen molar-refractivity contribution in [2.75, 3.05) is 4.90 Å². The Morgan fingerprint density at radius 3 is 2.59 bits per heavy atom. The summed E-state index contributed by atoms with van der Waals surface area (Å²) >= 11 is 1.35. The fourth-order valence-electron chi connectivity index (χ4n) is 2.65. The molecule has 0 aliphatic carbocycles. The van der Waals surface area contributed by atoms with E-state index < -0.39 is 0 Å². The van der Waals surface area contributed by atoms with Gasteiger partial charge in [0, 0.05) is 12.3 Å². The van der Waals surface area contributed by atoms with Crippen molar-refractivity contribution in [3.63, 3.8) is 0 Å². The highest BCUT2D eigenvalue weighted by atomic mass is 32.1. The summed E-state index contributed by atoms with van der Waals surface area (Å²) in [6.45, 7) is 7.30. The average Bonchev–Trinajstić information content (AvgIpc) is 3.26. The SMILES string of the molecule is CC(=O)N(c1nc(C=CC(=O)c2ccc(C)o2)cs1)c1cccc(C)c1C. The van der Waals surface area contributed by atoms with Gasteiger partial charge >= 0.3 is 0 Å². The van der Waals surface area contributed by atoms with Crippen LogP contribution in [-0.4, -0.2) is 16.7 Å². The molecular weight excluding hydrogens is 360 g/mol. The highest BCUT2D eigenvalue weighted by molar-refractivity contribution is 7.14. The van der Waals surface area contributed by atoms with E-state index in [1.807, 2.05) is 37.4 Å². The van der Waals surface area contributed by atoms with Crippen molar-refractivity contribution in [3.8, 4) is 0 Å². The number of benzene rings is 1. The minimum Gasteiger partial charge on any atom is -0.458 e. The minimum absolute atomic E-state index is 0.115. The Kier molecular flexibility index (Phi) is 5.37. The van der Waals surface area contributed by atoms with E-state index in [9.17, 15) is 9.59 Å². The van der Waals surface area contributed by atoms with E-state index in [4.69, 9.17) is 4.42 Å². The molecule has 138 valence electrons. The van der Waals surface area contributed by atoms with Crippen LogP contribution in [0.1, 0.15) is 40.1 Å². The number of rotatable bonds is 5. The number of allylic oxidation sites excluding steroid dienone is 1. The van der Waals surface area contributed by atoms with E-state index >= 15 is 0 Å². The predicted octanol–water partition coefficient (Wildman–Crippen LogP) is 5.24. The Bertz CT molecular complexity index is 1030. The molecule has 0 aliphatic heterocycles. The third-order valence-corrected chi connectivity index (χ3v) is 5.07. The lowest BCUT2D eigenvalue weighted by Crippen LogP contribution is -2.23. The van der Waals surface area contributed by atoms with Crippen LogP contribution >= 0.6 is 11.3 Å². The molecular formula is C21H20N2O3S. The van der Waals surface area contributed by atoms with Crippen LogP contribution in [0.5, 0.6) is 0 Å². The van der Waals surface area contributed by atoms with E-state index in [1.54, 1.807) is 30.0 Å². The van der Waals surface area contributed by atoms with Gasteiger partial charge in [-0.1, -0.05) is 12.1 Å². The molecule has 2 aromatic heterocycles. The number of aryl methyl sites for hydroxylation is 2. The molecule has 0 aliphatic rings. The van der Waals surface area contributed by atoms with Crippen LogP contribution in [0.2, 0.25) is 0 Å². The summed E-state index contributed by atoms with van der Waals surface area (Å²) < 4.78 is 5.32. The van der Waals surface area contributed by atoms with Crippen molar-refractivity contribution in [1.29, 1.82) is 0 Å². The first-order chi connectivity index (χ1) is 12.9. The van der Waals surface area contributed by atoms with E-state index in [0.717, 1.165) is 16.8 Å². The van der Waals surface area contributed by atoms with Crippen molar-refractivity contribution in [3.05, 3.63) is 70.1 Å². The van der Waals surface area contributed by atoms with Crippen LogP contribution in [0.25, 0.3) is 6.08 Å². The molecule has 1 aromatic carbocycles. The van der Waals surface area contributed by atoms with Gasteiger partial charge < -0.3 is 4.42 Å². The quantitative estimate of drug-likeness (QED) is 0.448. The minimum atomic E-state index is -0.226. The molecule has 0 saturated heterocycles. The molecule has 0 spiro atoms. The molecule has 3 rings (SSSR count). The largest absolute Gasteiger partial charge is 0.458 e. The maximum absolute atomic E-state index is 12.3. The van der Waals surface area contributed by atoms with Gasteiger partial charge in [-0.15, -0.1) is 11.3 Å². The molecule has 3 aromatic rings. The lowest BCUT2D eigenvalue weighted by molar-refractivity contribution is -0.115. The van der Waals surface area contributed by atoms with Gasteiger partial charge in [-0.2, -0.15) is 0 Å². The molecule has 1 amide bonds. The average molecular weight is 380 g/mol. The molecule has 0 atom stereocenters. The number of nitrogens with zero attached hydrogens (tertiary/aromatic N) is 2. The zero-order valence-electron chi connectivity index (χ0n) is 15.6. The van der Waals surface area contributed by atoms with Crippen molar-refractivity contribution in [2.24, 2.45) is 0 Å². The van der Waals surface area contributed by atoms with Crippen molar-refractivity contribution in [1.82, 2.24) is 4.98 Å². The molecule has 0 unspecified atom stereocenters. The molecule has 0 bridgehead atoms. The molecule has 27 heavy (non-hydrogen) atoms. The van der Waals surface area contributed by atoms with Crippen molar-refractivity contribution < 1.29 is 14.0 Å². The van der Waals surface area contributed by atoms with Crippen LogP contribution in [0.3, 0.4) is 0 Å². The Hall–Kier alpha value is -2.99. The monoisotopic (exact) mass is 380 g/mol. The maximum Gasteiger partial charge on any atom is 0.230 e. The molecule has 0 fully saturated rings. The van der Waals surface area contributed by atoms with E-state index in [2.05, 4.69) is 4.98 Å². The lowest BCUT2D eigenvalue weighted by Gasteiger charge is -2.21. The van der Waals surface area contributed by atoms with Gasteiger partial charge in [0.05, 0.1) is 11.4 Å². The number of aromatic nitrogens is 1. The fraction of sp³-hybridized carbons (Fsp3) is 0.190. The van der Waals surface area contributed by atoms with Crippen molar-refractivity contribution >= 4 is 39.9 Å². The second kappa shape index (κ2) is 7.72. The summed E-state index contributed by atoms with van der Waals surface area (Å²) in [7, 11) is 0. The topological polar surface area (TPSA) is 63.4 Å². The number of anilines is 2. The van der Waals surface area contributed by atoms with Gasteiger partial charge in [0.1, 0.15) is 5.76 Å². The number of ketones is 1. The summed E-state index contributed by atoms with van der Waals surface area (Å²) in [5.41, 5.74) is 3.57. The first-order valence-electron chi connectivity index (χ1n) is 8.48. The van der Waals surface area contributed by atoms with E-state index in [0.29, 0.717) is 22.3 Å². The summed E-state index contributed by atoms with van der Waals surface area (Å²) in [5, 5.41) is 2.38. The number of carbonyl (C=O) groups excluding carboxylic acids is 2. The van der Waals surface area contributed by atoms with Crippen molar-refractivity contribution in [2.45, 2.75) is 27.7 Å². The van der Waals surface area contributed by atoms with Gasteiger partial charge in [0.25, 0.3) is 0 Å². The van der Waals surface area contributed by atoms with Gasteiger partial charge in [0.2, 0.25) is 11.7 Å². The maximum atomic E-state index is 12.3. The Labute approximate surface area is 162 Å². The highest BCUT2D eigenvalue weighted by Gasteiger charge is 2.20. The summed E-state index contributed by atoms with van der Waals surface area (Å²) in [6, 6.07) is 9.23. The zero-order chi connectivity index (χ0) is 19.6. The third kappa shape index (κ3) is 4.06. The van der Waals surface area contributed by atoms with E-state index in [1.165, 1.54) is 24.3 Å². The molecule has 5 nitrogen and oxygen atoms in total. The lowest BCUT2D eigenvalue weighted by atomic mass is 10.1. The first-order valence-corrected chi connectivity index (χ1v) is 9.36. The number of furan rings is 1. The van der Waals surface area contributed by atoms with Crippen LogP contribution in [0.15, 0.2) is 46.2 Å². The fourth-order valence-corrected chi connectivity index (χ4v) is 3.50. The molecule has 6 heteroatoms. The van der Waals surface area contributed by atoms with E-state index in [-0.39, 0.29) is 11.7 Å². The number of hydrogen-bond donors (Lipinski definition) is 0. The summed E-state index contributed by atoms with van der Waals surface area (Å²) in [4.78, 5) is 30.5. The summed E-state index contributed by atoms with van der Waals surface area (Å²) in [5.74, 6) is 0.639. The number of carbonyl (C=O) groups is 2. The molecule has 0 N–H and O–H groups in total. The number of hydrogen-bond acceptors (Lipinski definition) is 5. The van der Waals surface area contributed by atoms with Gasteiger partial charge in [0.15, 0.2) is 10.9 Å².